The molecule has 2 saturated heterocycles. The predicted molar refractivity (Wildman–Crippen MR) is 108 cm³/mol. The standard InChI is InChI=1S/C23H32N2O2/c26-18-21-17-25(16-20(21)15-24-11-5-1-2-6-12-24)14-19-8-3-4-9-22(19)23-10-7-13-27-23/h3-4,7-10,13,20-21,26H,1-2,5-6,11-12,14-18H2/t20-,21-/m0/s1. The quantitative estimate of drug-likeness (QED) is 0.840. The molecule has 4 heteroatoms. The molecule has 4 rings (SSSR count). The summed E-state index contributed by atoms with van der Waals surface area (Å²) in [6, 6.07) is 12.5. The molecule has 1 aromatic carbocycles. The molecule has 3 heterocycles. The summed E-state index contributed by atoms with van der Waals surface area (Å²) < 4.78 is 5.64. The summed E-state index contributed by atoms with van der Waals surface area (Å²) >= 11 is 0. The molecule has 2 aliphatic heterocycles. The van der Waals surface area contributed by atoms with Gasteiger partial charge < -0.3 is 14.4 Å². The molecule has 1 aromatic heterocycles. The number of hydrogen-bond acceptors (Lipinski definition) is 4. The van der Waals surface area contributed by atoms with Crippen LogP contribution in [0.2, 0.25) is 0 Å². The third-order valence-electron chi connectivity index (χ3n) is 6.28. The van der Waals surface area contributed by atoms with Gasteiger partial charge in [-0.15, -0.1) is 0 Å². The third kappa shape index (κ3) is 4.63. The molecule has 0 bridgehead atoms. The summed E-state index contributed by atoms with van der Waals surface area (Å²) in [6.07, 6.45) is 7.15. The molecule has 0 radical (unpaired) electrons. The van der Waals surface area contributed by atoms with Gasteiger partial charge in [-0.3, -0.25) is 4.90 Å². The molecule has 0 aliphatic carbocycles. The van der Waals surface area contributed by atoms with Crippen LogP contribution in [0.15, 0.2) is 47.1 Å². The molecule has 0 amide bonds. The largest absolute Gasteiger partial charge is 0.464 e. The van der Waals surface area contributed by atoms with Crippen molar-refractivity contribution in [2.75, 3.05) is 39.3 Å². The molecule has 4 nitrogen and oxygen atoms in total. The van der Waals surface area contributed by atoms with E-state index < -0.39 is 0 Å². The van der Waals surface area contributed by atoms with Crippen LogP contribution in [0.1, 0.15) is 31.2 Å². The summed E-state index contributed by atoms with van der Waals surface area (Å²) in [4.78, 5) is 5.16. The number of aliphatic hydroxyl groups is 1. The first-order valence-corrected chi connectivity index (χ1v) is 10.5. The number of benzene rings is 1. The van der Waals surface area contributed by atoms with E-state index in [1.54, 1.807) is 6.26 Å². The SMILES string of the molecule is OC[C@@H]1CN(Cc2ccccc2-c2ccco2)C[C@@H]1CN1CCCCCC1. The van der Waals surface area contributed by atoms with Gasteiger partial charge in [-0.25, -0.2) is 0 Å². The lowest BCUT2D eigenvalue weighted by atomic mass is 9.96. The Morgan fingerprint density at radius 3 is 2.41 bits per heavy atom. The lowest BCUT2D eigenvalue weighted by Gasteiger charge is -2.26. The second-order valence-corrected chi connectivity index (χ2v) is 8.25. The van der Waals surface area contributed by atoms with E-state index in [0.717, 1.165) is 31.9 Å². The number of hydrogen-bond donors (Lipinski definition) is 1. The van der Waals surface area contributed by atoms with E-state index in [9.17, 15) is 5.11 Å². The number of aliphatic hydroxyl groups excluding tert-OH is 1. The molecule has 146 valence electrons. The summed E-state index contributed by atoms with van der Waals surface area (Å²) in [5.74, 6) is 1.90. The van der Waals surface area contributed by atoms with Gasteiger partial charge >= 0.3 is 0 Å². The monoisotopic (exact) mass is 368 g/mol. The highest BCUT2D eigenvalue weighted by Gasteiger charge is 2.33. The van der Waals surface area contributed by atoms with E-state index in [2.05, 4.69) is 34.1 Å². The molecule has 2 aliphatic rings. The number of nitrogens with zero attached hydrogens (tertiary/aromatic N) is 2. The topological polar surface area (TPSA) is 39.9 Å². The van der Waals surface area contributed by atoms with Gasteiger partial charge in [0.2, 0.25) is 0 Å². The molecule has 1 N–H and O–H groups in total. The van der Waals surface area contributed by atoms with E-state index in [1.807, 2.05) is 12.1 Å². The van der Waals surface area contributed by atoms with Crippen LogP contribution in [0, 0.1) is 11.8 Å². The van der Waals surface area contributed by atoms with E-state index in [4.69, 9.17) is 4.42 Å². The fraction of sp³-hybridized carbons (Fsp3) is 0.565. The maximum Gasteiger partial charge on any atom is 0.134 e. The van der Waals surface area contributed by atoms with Crippen molar-refractivity contribution in [3.63, 3.8) is 0 Å². The highest BCUT2D eigenvalue weighted by atomic mass is 16.3. The lowest BCUT2D eigenvalue weighted by Crippen LogP contribution is -2.34. The molecule has 0 unspecified atom stereocenters. The van der Waals surface area contributed by atoms with E-state index in [-0.39, 0.29) is 0 Å². The van der Waals surface area contributed by atoms with E-state index >= 15 is 0 Å². The summed E-state index contributed by atoms with van der Waals surface area (Å²) in [5, 5.41) is 9.95. The lowest BCUT2D eigenvalue weighted by molar-refractivity contribution is 0.165. The van der Waals surface area contributed by atoms with Crippen LogP contribution >= 0.6 is 0 Å². The minimum Gasteiger partial charge on any atom is -0.464 e. The third-order valence-corrected chi connectivity index (χ3v) is 6.28. The minimum absolute atomic E-state index is 0.300. The predicted octanol–water partition coefficient (Wildman–Crippen LogP) is 3.86. The number of rotatable bonds is 6. The zero-order chi connectivity index (χ0) is 18.5. The van der Waals surface area contributed by atoms with Gasteiger partial charge in [0.05, 0.1) is 6.26 Å². The fourth-order valence-corrected chi connectivity index (χ4v) is 4.80. The van der Waals surface area contributed by atoms with Gasteiger partial charge in [0.25, 0.3) is 0 Å². The first-order valence-electron chi connectivity index (χ1n) is 10.5. The van der Waals surface area contributed by atoms with Gasteiger partial charge in [-0.1, -0.05) is 37.1 Å². The molecule has 0 saturated carbocycles. The average molecular weight is 369 g/mol. The zero-order valence-electron chi connectivity index (χ0n) is 16.2. The normalized spacial score (nSPS) is 24.9. The van der Waals surface area contributed by atoms with Crippen molar-refractivity contribution in [3.8, 4) is 11.3 Å². The number of likely N-dealkylation sites (tertiary alicyclic amines) is 2. The van der Waals surface area contributed by atoms with Crippen molar-refractivity contribution in [1.82, 2.24) is 9.80 Å². The Hall–Kier alpha value is -1.62. The first-order chi connectivity index (χ1) is 13.3. The van der Waals surface area contributed by atoms with Crippen molar-refractivity contribution >= 4 is 0 Å². The molecular formula is C23H32N2O2. The number of furan rings is 1. The van der Waals surface area contributed by atoms with E-state index in [0.29, 0.717) is 18.4 Å². The highest BCUT2D eigenvalue weighted by molar-refractivity contribution is 5.61. The van der Waals surface area contributed by atoms with Crippen LogP contribution in [-0.4, -0.2) is 54.2 Å². The van der Waals surface area contributed by atoms with Crippen LogP contribution < -0.4 is 0 Å². The van der Waals surface area contributed by atoms with Crippen LogP contribution in [0.3, 0.4) is 0 Å². The van der Waals surface area contributed by atoms with Gasteiger partial charge in [0.1, 0.15) is 5.76 Å². The van der Waals surface area contributed by atoms with Crippen molar-refractivity contribution in [2.24, 2.45) is 11.8 Å². The Kier molecular flexibility index (Phi) is 6.28. The Balaban J connectivity index is 1.42. The van der Waals surface area contributed by atoms with Gasteiger partial charge in [-0.2, -0.15) is 0 Å². The maximum atomic E-state index is 9.95. The summed E-state index contributed by atoms with van der Waals surface area (Å²) in [7, 11) is 0. The molecule has 2 fully saturated rings. The second kappa shape index (κ2) is 9.05. The maximum absolute atomic E-state index is 9.95. The minimum atomic E-state index is 0.300. The molecule has 0 spiro atoms. The molecule has 2 aromatic rings. The molecule has 27 heavy (non-hydrogen) atoms. The van der Waals surface area contributed by atoms with Gasteiger partial charge in [-0.05, 0) is 55.5 Å². The van der Waals surface area contributed by atoms with Gasteiger partial charge in [0, 0.05) is 38.3 Å². The van der Waals surface area contributed by atoms with Crippen molar-refractivity contribution < 1.29 is 9.52 Å². The Labute approximate surface area is 162 Å². The Morgan fingerprint density at radius 1 is 0.889 bits per heavy atom. The summed E-state index contributed by atoms with van der Waals surface area (Å²) in [6.45, 7) is 6.89. The molecular weight excluding hydrogens is 336 g/mol. The first kappa shape index (κ1) is 18.7. The van der Waals surface area contributed by atoms with Crippen LogP contribution in [-0.2, 0) is 6.54 Å². The van der Waals surface area contributed by atoms with E-state index in [1.165, 1.54) is 49.9 Å². The zero-order valence-corrected chi connectivity index (χ0v) is 16.2. The van der Waals surface area contributed by atoms with Crippen molar-refractivity contribution in [2.45, 2.75) is 32.2 Å². The Morgan fingerprint density at radius 2 is 1.67 bits per heavy atom. The fourth-order valence-electron chi connectivity index (χ4n) is 4.80. The summed E-state index contributed by atoms with van der Waals surface area (Å²) in [5.41, 5.74) is 2.48. The molecule has 2 atom stereocenters. The Bertz CT molecular complexity index is 692. The van der Waals surface area contributed by atoms with Crippen molar-refractivity contribution in [3.05, 3.63) is 48.2 Å². The second-order valence-electron chi connectivity index (χ2n) is 8.25. The van der Waals surface area contributed by atoms with Crippen LogP contribution in [0.5, 0.6) is 0 Å². The van der Waals surface area contributed by atoms with Gasteiger partial charge in [0.15, 0.2) is 0 Å². The van der Waals surface area contributed by atoms with Crippen LogP contribution in [0.4, 0.5) is 0 Å². The van der Waals surface area contributed by atoms with Crippen molar-refractivity contribution in [1.29, 1.82) is 0 Å². The van der Waals surface area contributed by atoms with Crippen LogP contribution in [0.25, 0.3) is 11.3 Å². The highest BCUT2D eigenvalue weighted by Crippen LogP contribution is 2.30. The smallest absolute Gasteiger partial charge is 0.134 e. The average Bonchev–Trinajstić information content (AvgIpc) is 3.27.